The van der Waals surface area contributed by atoms with Gasteiger partial charge in [-0.1, -0.05) is 23.8 Å². The van der Waals surface area contributed by atoms with Crippen molar-refractivity contribution in [3.63, 3.8) is 0 Å². The quantitative estimate of drug-likeness (QED) is 0.820. The Morgan fingerprint density at radius 1 is 1.20 bits per heavy atom. The second kappa shape index (κ2) is 7.74. The Morgan fingerprint density at radius 3 is 2.76 bits per heavy atom. The molecule has 1 aliphatic heterocycles. The zero-order chi connectivity index (χ0) is 17.8. The highest BCUT2D eigenvalue weighted by Crippen LogP contribution is 2.26. The smallest absolute Gasteiger partial charge is 0.234 e. The number of nitrogens with one attached hydrogen (secondary N) is 1. The molecule has 0 spiro atoms. The minimum absolute atomic E-state index is 0.0464. The van der Waals surface area contributed by atoms with E-state index < -0.39 is 0 Å². The lowest BCUT2D eigenvalue weighted by atomic mass is 10.2. The Kier molecular flexibility index (Phi) is 5.43. The van der Waals surface area contributed by atoms with Crippen LogP contribution in [0.2, 0.25) is 0 Å². The molecular formula is C20H22N2O2S. The molecule has 4 nitrogen and oxygen atoms in total. The molecule has 0 unspecified atom stereocenters. The fraction of sp³-hybridized carbons (Fsp3) is 0.300. The van der Waals surface area contributed by atoms with Crippen molar-refractivity contribution < 1.29 is 9.59 Å². The van der Waals surface area contributed by atoms with Crippen LogP contribution in [-0.2, 0) is 9.59 Å². The summed E-state index contributed by atoms with van der Waals surface area (Å²) in [5.41, 5.74) is 3.98. The van der Waals surface area contributed by atoms with Crippen LogP contribution in [0.1, 0.15) is 24.0 Å². The third-order valence-electron chi connectivity index (χ3n) is 4.20. The number of carbonyl (C=O) groups is 2. The number of carbonyl (C=O) groups excluding carboxylic acids is 2. The summed E-state index contributed by atoms with van der Waals surface area (Å²) in [6, 6.07) is 13.7. The third-order valence-corrected chi connectivity index (χ3v) is 5.38. The number of benzene rings is 2. The monoisotopic (exact) mass is 354 g/mol. The van der Waals surface area contributed by atoms with Gasteiger partial charge in [0.25, 0.3) is 0 Å². The molecule has 1 heterocycles. The molecule has 130 valence electrons. The molecule has 3 rings (SSSR count). The zero-order valence-electron chi connectivity index (χ0n) is 14.5. The van der Waals surface area contributed by atoms with Crippen molar-refractivity contribution >= 4 is 35.0 Å². The van der Waals surface area contributed by atoms with Gasteiger partial charge in [0.05, 0.1) is 5.75 Å². The van der Waals surface area contributed by atoms with E-state index in [4.69, 9.17) is 0 Å². The van der Waals surface area contributed by atoms with Crippen molar-refractivity contribution in [2.24, 2.45) is 0 Å². The largest absolute Gasteiger partial charge is 0.325 e. The number of hydrogen-bond donors (Lipinski definition) is 1. The fourth-order valence-corrected chi connectivity index (χ4v) is 3.78. The van der Waals surface area contributed by atoms with Gasteiger partial charge in [0.15, 0.2) is 0 Å². The zero-order valence-corrected chi connectivity index (χ0v) is 15.4. The molecule has 0 atom stereocenters. The number of aryl methyl sites for hydroxylation is 2. The van der Waals surface area contributed by atoms with Crippen molar-refractivity contribution in [2.45, 2.75) is 31.6 Å². The summed E-state index contributed by atoms with van der Waals surface area (Å²) in [7, 11) is 0. The number of anilines is 2. The first-order valence-corrected chi connectivity index (χ1v) is 9.42. The lowest BCUT2D eigenvalue weighted by Gasteiger charge is -2.16. The van der Waals surface area contributed by atoms with E-state index in [0.29, 0.717) is 12.2 Å². The average Bonchev–Trinajstić information content (AvgIpc) is 3.00. The maximum absolute atomic E-state index is 12.2. The number of nitrogens with zero attached hydrogens (tertiary/aromatic N) is 1. The van der Waals surface area contributed by atoms with Crippen molar-refractivity contribution in [3.05, 3.63) is 53.6 Å². The van der Waals surface area contributed by atoms with Gasteiger partial charge in [-0.05, 0) is 50.1 Å². The van der Waals surface area contributed by atoms with E-state index >= 15 is 0 Å². The van der Waals surface area contributed by atoms with E-state index in [0.717, 1.165) is 29.2 Å². The average molecular weight is 354 g/mol. The van der Waals surface area contributed by atoms with Crippen molar-refractivity contribution in [1.82, 2.24) is 0 Å². The van der Waals surface area contributed by atoms with Gasteiger partial charge in [0, 0.05) is 29.2 Å². The van der Waals surface area contributed by atoms with Gasteiger partial charge in [0.2, 0.25) is 11.8 Å². The molecule has 1 aliphatic rings. The summed E-state index contributed by atoms with van der Waals surface area (Å²) >= 11 is 1.54. The Bertz CT molecular complexity index is 804. The number of thioether (sulfide) groups is 1. The number of hydrogen-bond acceptors (Lipinski definition) is 3. The minimum atomic E-state index is -0.0464. The van der Waals surface area contributed by atoms with Crippen molar-refractivity contribution in [2.75, 3.05) is 22.5 Å². The Labute approximate surface area is 152 Å². The van der Waals surface area contributed by atoms with Crippen LogP contribution in [0, 0.1) is 13.8 Å². The summed E-state index contributed by atoms with van der Waals surface area (Å²) in [6.45, 7) is 4.87. The summed E-state index contributed by atoms with van der Waals surface area (Å²) in [5, 5.41) is 2.92. The van der Waals surface area contributed by atoms with Crippen LogP contribution in [0.25, 0.3) is 0 Å². The maximum atomic E-state index is 12.2. The number of amides is 2. The Morgan fingerprint density at radius 2 is 2.04 bits per heavy atom. The maximum Gasteiger partial charge on any atom is 0.234 e. The standard InChI is InChI=1S/C20H22N2O2S/c1-14-8-9-18(15(2)11-14)25-13-19(23)21-16-5-3-6-17(12-16)22-10-4-7-20(22)24/h3,5-6,8-9,11-12H,4,7,10,13H2,1-2H3,(H,21,23). The molecule has 1 saturated heterocycles. The molecule has 1 fully saturated rings. The molecule has 0 radical (unpaired) electrons. The summed E-state index contributed by atoms with van der Waals surface area (Å²) in [5.74, 6) is 0.459. The van der Waals surface area contributed by atoms with E-state index in [2.05, 4.69) is 37.4 Å². The second-order valence-corrected chi connectivity index (χ2v) is 7.32. The number of rotatable bonds is 5. The lowest BCUT2D eigenvalue weighted by molar-refractivity contribution is -0.117. The van der Waals surface area contributed by atoms with Gasteiger partial charge < -0.3 is 10.2 Å². The lowest BCUT2D eigenvalue weighted by Crippen LogP contribution is -2.23. The SMILES string of the molecule is Cc1ccc(SCC(=O)Nc2cccc(N3CCCC3=O)c2)c(C)c1. The molecule has 0 saturated carbocycles. The molecule has 2 aromatic rings. The molecule has 5 heteroatoms. The van der Waals surface area contributed by atoms with Crippen LogP contribution in [0.4, 0.5) is 11.4 Å². The first-order chi connectivity index (χ1) is 12.0. The van der Waals surface area contributed by atoms with Crippen LogP contribution >= 0.6 is 11.8 Å². The fourth-order valence-electron chi connectivity index (χ4n) is 2.97. The molecule has 2 amide bonds. The molecule has 0 bridgehead atoms. The van der Waals surface area contributed by atoms with Crippen LogP contribution in [-0.4, -0.2) is 24.1 Å². The highest BCUT2D eigenvalue weighted by Gasteiger charge is 2.21. The van der Waals surface area contributed by atoms with Crippen molar-refractivity contribution in [1.29, 1.82) is 0 Å². The van der Waals surface area contributed by atoms with E-state index in [-0.39, 0.29) is 11.8 Å². The normalized spacial score (nSPS) is 14.0. The van der Waals surface area contributed by atoms with Crippen LogP contribution < -0.4 is 10.2 Å². The molecular weight excluding hydrogens is 332 g/mol. The summed E-state index contributed by atoms with van der Waals surface area (Å²) in [4.78, 5) is 27.0. The van der Waals surface area contributed by atoms with Crippen LogP contribution in [0.5, 0.6) is 0 Å². The van der Waals surface area contributed by atoms with Gasteiger partial charge in [-0.15, -0.1) is 11.8 Å². The Balaban J connectivity index is 1.60. The van der Waals surface area contributed by atoms with Gasteiger partial charge in [-0.3, -0.25) is 9.59 Å². The summed E-state index contributed by atoms with van der Waals surface area (Å²) in [6.07, 6.45) is 1.49. The molecule has 1 N–H and O–H groups in total. The van der Waals surface area contributed by atoms with Gasteiger partial charge >= 0.3 is 0 Å². The van der Waals surface area contributed by atoms with Crippen LogP contribution in [0.15, 0.2) is 47.4 Å². The Hall–Kier alpha value is -2.27. The first-order valence-electron chi connectivity index (χ1n) is 8.43. The van der Waals surface area contributed by atoms with Gasteiger partial charge in [0.1, 0.15) is 0 Å². The molecule has 2 aromatic carbocycles. The van der Waals surface area contributed by atoms with Gasteiger partial charge in [-0.2, -0.15) is 0 Å². The third kappa shape index (κ3) is 4.42. The van der Waals surface area contributed by atoms with E-state index in [1.165, 1.54) is 22.9 Å². The van der Waals surface area contributed by atoms with E-state index in [1.807, 2.05) is 24.3 Å². The minimum Gasteiger partial charge on any atom is -0.325 e. The molecule has 25 heavy (non-hydrogen) atoms. The van der Waals surface area contributed by atoms with E-state index in [9.17, 15) is 9.59 Å². The topological polar surface area (TPSA) is 49.4 Å². The predicted octanol–water partition coefficient (Wildman–Crippen LogP) is 4.16. The second-order valence-electron chi connectivity index (χ2n) is 6.31. The highest BCUT2D eigenvalue weighted by atomic mass is 32.2. The summed E-state index contributed by atoms with van der Waals surface area (Å²) < 4.78 is 0. The highest BCUT2D eigenvalue weighted by molar-refractivity contribution is 8.00. The van der Waals surface area contributed by atoms with Crippen molar-refractivity contribution in [3.8, 4) is 0 Å². The molecule has 0 aromatic heterocycles. The van der Waals surface area contributed by atoms with Crippen LogP contribution in [0.3, 0.4) is 0 Å². The molecule has 0 aliphatic carbocycles. The van der Waals surface area contributed by atoms with E-state index in [1.54, 1.807) is 4.90 Å². The van der Waals surface area contributed by atoms with Gasteiger partial charge in [-0.25, -0.2) is 0 Å². The first kappa shape index (κ1) is 17.5. The predicted molar refractivity (Wildman–Crippen MR) is 103 cm³/mol.